The Morgan fingerprint density at radius 2 is 2.31 bits per heavy atom. The minimum atomic E-state index is 0.226. The third-order valence-electron chi connectivity index (χ3n) is 3.90. The molecule has 2 rings (SSSR count). The zero-order valence-corrected chi connectivity index (χ0v) is 10.1. The van der Waals surface area contributed by atoms with Crippen LogP contribution in [-0.4, -0.2) is 29.9 Å². The molecular formula is C13H22N2O. The van der Waals surface area contributed by atoms with Gasteiger partial charge in [0.15, 0.2) is 0 Å². The van der Waals surface area contributed by atoms with E-state index < -0.39 is 0 Å². The second kappa shape index (κ2) is 5.00. The first-order valence-corrected chi connectivity index (χ1v) is 6.38. The van der Waals surface area contributed by atoms with Gasteiger partial charge in [-0.1, -0.05) is 12.2 Å². The molecule has 3 nitrogen and oxygen atoms in total. The van der Waals surface area contributed by atoms with E-state index in [0.29, 0.717) is 24.4 Å². The van der Waals surface area contributed by atoms with Gasteiger partial charge in [-0.3, -0.25) is 4.79 Å². The van der Waals surface area contributed by atoms with Crippen LogP contribution in [0.1, 0.15) is 32.6 Å². The minimum absolute atomic E-state index is 0.226. The number of nitrogens with zero attached hydrogens (tertiary/aromatic N) is 1. The number of amides is 1. The Kier molecular flexibility index (Phi) is 3.64. The summed E-state index contributed by atoms with van der Waals surface area (Å²) in [6.07, 6.45) is 8.40. The quantitative estimate of drug-likeness (QED) is 0.720. The molecule has 1 saturated heterocycles. The Morgan fingerprint density at radius 3 is 2.88 bits per heavy atom. The van der Waals surface area contributed by atoms with Crippen LogP contribution in [-0.2, 0) is 4.79 Å². The average molecular weight is 222 g/mol. The summed E-state index contributed by atoms with van der Waals surface area (Å²) in [5, 5.41) is 0. The highest BCUT2D eigenvalue weighted by molar-refractivity contribution is 5.79. The second-order valence-electron chi connectivity index (χ2n) is 5.16. The summed E-state index contributed by atoms with van der Waals surface area (Å²) in [6, 6.07) is 0.381. The van der Waals surface area contributed by atoms with Crippen LogP contribution in [0.3, 0.4) is 0 Å². The Morgan fingerprint density at radius 1 is 1.50 bits per heavy atom. The highest BCUT2D eigenvalue weighted by Gasteiger charge is 2.34. The van der Waals surface area contributed by atoms with E-state index in [1.807, 2.05) is 0 Å². The molecule has 3 heteroatoms. The minimum Gasteiger partial charge on any atom is -0.339 e. The lowest BCUT2D eigenvalue weighted by Gasteiger charge is -2.27. The molecule has 0 spiro atoms. The van der Waals surface area contributed by atoms with Crippen molar-refractivity contribution in [3.63, 3.8) is 0 Å². The zero-order valence-electron chi connectivity index (χ0n) is 10.1. The smallest absolute Gasteiger partial charge is 0.226 e. The number of hydrogen-bond donors (Lipinski definition) is 1. The summed E-state index contributed by atoms with van der Waals surface area (Å²) >= 11 is 0. The SMILES string of the molecule is CC1CC(CN)CN1C(=O)C1CC=CCC1. The van der Waals surface area contributed by atoms with Crippen LogP contribution in [0.25, 0.3) is 0 Å². The number of allylic oxidation sites excluding steroid dienone is 2. The fourth-order valence-corrected chi connectivity index (χ4v) is 2.87. The number of likely N-dealkylation sites (tertiary alicyclic amines) is 1. The van der Waals surface area contributed by atoms with Crippen LogP contribution < -0.4 is 5.73 Å². The molecule has 0 saturated carbocycles. The molecule has 1 fully saturated rings. The van der Waals surface area contributed by atoms with Crippen molar-refractivity contribution in [3.8, 4) is 0 Å². The maximum absolute atomic E-state index is 12.3. The topological polar surface area (TPSA) is 46.3 Å². The molecule has 1 aliphatic carbocycles. The Labute approximate surface area is 97.7 Å². The Balaban J connectivity index is 1.96. The van der Waals surface area contributed by atoms with Gasteiger partial charge in [0.05, 0.1) is 0 Å². The van der Waals surface area contributed by atoms with Crippen LogP contribution in [0.4, 0.5) is 0 Å². The molecule has 0 aromatic heterocycles. The first-order chi connectivity index (χ1) is 7.72. The standard InChI is InChI=1S/C13H22N2O/c1-10-7-11(8-14)9-15(10)13(16)12-5-3-2-4-6-12/h2-3,10-12H,4-9,14H2,1H3. The lowest BCUT2D eigenvalue weighted by Crippen LogP contribution is -2.39. The molecular weight excluding hydrogens is 200 g/mol. The molecule has 3 atom stereocenters. The second-order valence-corrected chi connectivity index (χ2v) is 5.16. The normalized spacial score (nSPS) is 34.4. The van der Waals surface area contributed by atoms with Crippen molar-refractivity contribution in [2.24, 2.45) is 17.6 Å². The van der Waals surface area contributed by atoms with E-state index in [1.165, 1.54) is 0 Å². The molecule has 1 aliphatic heterocycles. The number of carbonyl (C=O) groups is 1. The molecule has 3 unspecified atom stereocenters. The van der Waals surface area contributed by atoms with Gasteiger partial charge in [-0.15, -0.1) is 0 Å². The molecule has 16 heavy (non-hydrogen) atoms. The summed E-state index contributed by atoms with van der Waals surface area (Å²) in [5.41, 5.74) is 5.69. The van der Waals surface area contributed by atoms with Crippen molar-refractivity contribution in [2.45, 2.75) is 38.6 Å². The van der Waals surface area contributed by atoms with Gasteiger partial charge in [0.2, 0.25) is 5.91 Å². The largest absolute Gasteiger partial charge is 0.339 e. The van der Waals surface area contributed by atoms with E-state index in [9.17, 15) is 4.79 Å². The summed E-state index contributed by atoms with van der Waals surface area (Å²) in [5.74, 6) is 1.09. The van der Waals surface area contributed by atoms with Gasteiger partial charge < -0.3 is 10.6 Å². The summed E-state index contributed by atoms with van der Waals surface area (Å²) < 4.78 is 0. The number of rotatable bonds is 2. The van der Waals surface area contributed by atoms with Gasteiger partial charge in [0, 0.05) is 18.5 Å². The van der Waals surface area contributed by atoms with Crippen molar-refractivity contribution in [3.05, 3.63) is 12.2 Å². The number of carbonyl (C=O) groups excluding carboxylic acids is 1. The molecule has 90 valence electrons. The van der Waals surface area contributed by atoms with Crippen molar-refractivity contribution in [1.29, 1.82) is 0 Å². The van der Waals surface area contributed by atoms with E-state index in [4.69, 9.17) is 5.73 Å². The Hall–Kier alpha value is -0.830. The highest BCUT2D eigenvalue weighted by Crippen LogP contribution is 2.27. The fraction of sp³-hybridized carbons (Fsp3) is 0.769. The third-order valence-corrected chi connectivity index (χ3v) is 3.90. The van der Waals surface area contributed by atoms with Crippen molar-refractivity contribution >= 4 is 5.91 Å². The van der Waals surface area contributed by atoms with Crippen molar-refractivity contribution < 1.29 is 4.79 Å². The van der Waals surface area contributed by atoms with Gasteiger partial charge in [-0.25, -0.2) is 0 Å². The van der Waals surface area contributed by atoms with Gasteiger partial charge in [0.25, 0.3) is 0 Å². The van der Waals surface area contributed by atoms with Crippen LogP contribution in [0.15, 0.2) is 12.2 Å². The zero-order chi connectivity index (χ0) is 11.5. The lowest BCUT2D eigenvalue weighted by atomic mass is 9.93. The van der Waals surface area contributed by atoms with E-state index in [0.717, 1.165) is 32.2 Å². The van der Waals surface area contributed by atoms with Crippen molar-refractivity contribution in [2.75, 3.05) is 13.1 Å². The molecule has 2 N–H and O–H groups in total. The van der Waals surface area contributed by atoms with Gasteiger partial charge in [0.1, 0.15) is 0 Å². The van der Waals surface area contributed by atoms with Gasteiger partial charge >= 0.3 is 0 Å². The van der Waals surface area contributed by atoms with Crippen LogP contribution in [0.5, 0.6) is 0 Å². The van der Waals surface area contributed by atoms with Crippen LogP contribution in [0, 0.1) is 11.8 Å². The maximum atomic E-state index is 12.3. The van der Waals surface area contributed by atoms with Crippen LogP contribution >= 0.6 is 0 Å². The molecule has 0 aromatic carbocycles. The maximum Gasteiger partial charge on any atom is 0.226 e. The fourth-order valence-electron chi connectivity index (χ4n) is 2.87. The van der Waals surface area contributed by atoms with Gasteiger partial charge in [-0.05, 0) is 45.1 Å². The molecule has 0 radical (unpaired) electrons. The first-order valence-electron chi connectivity index (χ1n) is 6.38. The highest BCUT2D eigenvalue weighted by atomic mass is 16.2. The third kappa shape index (κ3) is 2.29. The number of nitrogens with two attached hydrogens (primary N) is 1. The Bertz CT molecular complexity index is 288. The molecule has 1 amide bonds. The van der Waals surface area contributed by atoms with E-state index in [2.05, 4.69) is 24.0 Å². The molecule has 2 aliphatic rings. The average Bonchev–Trinajstić information content (AvgIpc) is 2.71. The number of hydrogen-bond acceptors (Lipinski definition) is 2. The summed E-state index contributed by atoms with van der Waals surface area (Å²) in [7, 11) is 0. The first kappa shape index (κ1) is 11.6. The van der Waals surface area contributed by atoms with E-state index in [1.54, 1.807) is 0 Å². The molecule has 0 aromatic rings. The monoisotopic (exact) mass is 222 g/mol. The molecule has 1 heterocycles. The van der Waals surface area contributed by atoms with Crippen LogP contribution in [0.2, 0.25) is 0 Å². The lowest BCUT2D eigenvalue weighted by molar-refractivity contribution is -0.136. The van der Waals surface area contributed by atoms with Crippen molar-refractivity contribution in [1.82, 2.24) is 4.90 Å². The summed E-state index contributed by atoms with van der Waals surface area (Å²) in [4.78, 5) is 14.4. The predicted octanol–water partition coefficient (Wildman–Crippen LogP) is 1.54. The predicted molar refractivity (Wildman–Crippen MR) is 64.8 cm³/mol. The van der Waals surface area contributed by atoms with E-state index >= 15 is 0 Å². The van der Waals surface area contributed by atoms with Gasteiger partial charge in [-0.2, -0.15) is 0 Å². The molecule has 0 bridgehead atoms. The summed E-state index contributed by atoms with van der Waals surface area (Å²) in [6.45, 7) is 3.72. The van der Waals surface area contributed by atoms with E-state index in [-0.39, 0.29) is 5.92 Å².